The van der Waals surface area contributed by atoms with Crippen molar-refractivity contribution < 1.29 is 19.1 Å². The van der Waals surface area contributed by atoms with Gasteiger partial charge < -0.3 is 9.47 Å². The Hall–Kier alpha value is -3.48. The molecule has 1 aliphatic rings. The van der Waals surface area contributed by atoms with Gasteiger partial charge in [0.25, 0.3) is 5.56 Å². The van der Waals surface area contributed by atoms with Crippen LogP contribution in [0.15, 0.2) is 47.3 Å². The van der Waals surface area contributed by atoms with Crippen molar-refractivity contribution in [2.24, 2.45) is 0 Å². The molecule has 2 aromatic carbocycles. The molecule has 7 heteroatoms. The Balaban J connectivity index is 1.52. The van der Waals surface area contributed by atoms with E-state index in [4.69, 9.17) is 9.47 Å². The Labute approximate surface area is 179 Å². The molecule has 160 valence electrons. The fraction of sp³-hybridized carbons (Fsp3) is 0.333. The molecule has 0 saturated carbocycles. The Bertz CT molecular complexity index is 1180. The van der Waals surface area contributed by atoms with Crippen molar-refractivity contribution in [2.75, 3.05) is 13.7 Å². The summed E-state index contributed by atoms with van der Waals surface area (Å²) in [5.74, 6) is 0.464. The second-order valence-corrected chi connectivity index (χ2v) is 7.61. The smallest absolute Gasteiger partial charge is 0.338 e. The molecule has 0 radical (unpaired) electrons. The van der Waals surface area contributed by atoms with Crippen LogP contribution in [0.5, 0.6) is 5.75 Å². The zero-order valence-corrected chi connectivity index (χ0v) is 17.4. The van der Waals surface area contributed by atoms with Crippen LogP contribution in [0.2, 0.25) is 0 Å². The quantitative estimate of drug-likeness (QED) is 0.463. The molecule has 0 atom stereocenters. The lowest BCUT2D eigenvalue weighted by atomic mass is 10.1. The van der Waals surface area contributed by atoms with Gasteiger partial charge in [0, 0.05) is 18.5 Å². The minimum Gasteiger partial charge on any atom is -0.497 e. The molecule has 0 amide bonds. The lowest BCUT2D eigenvalue weighted by Crippen LogP contribution is -2.26. The lowest BCUT2D eigenvalue weighted by Gasteiger charge is -2.16. The fourth-order valence-electron chi connectivity index (χ4n) is 3.80. The van der Waals surface area contributed by atoms with Crippen molar-refractivity contribution in [2.45, 2.75) is 38.6 Å². The van der Waals surface area contributed by atoms with Crippen LogP contribution >= 0.6 is 0 Å². The second-order valence-electron chi connectivity index (χ2n) is 7.61. The summed E-state index contributed by atoms with van der Waals surface area (Å²) < 4.78 is 12.0. The number of esters is 1. The Kier molecular flexibility index (Phi) is 6.11. The van der Waals surface area contributed by atoms with Gasteiger partial charge in [0.2, 0.25) is 0 Å². The van der Waals surface area contributed by atoms with Crippen LogP contribution in [0, 0.1) is 0 Å². The van der Waals surface area contributed by atoms with Crippen LogP contribution in [0.4, 0.5) is 0 Å². The number of benzene rings is 2. The first-order valence-electron chi connectivity index (χ1n) is 10.4. The number of ketones is 1. The number of Topliss-reactive ketones (excluding diaryl/α,β-unsaturated/α-hetero) is 1. The van der Waals surface area contributed by atoms with Crippen LogP contribution in [-0.2, 0) is 17.7 Å². The highest BCUT2D eigenvalue weighted by Gasteiger charge is 2.16. The summed E-state index contributed by atoms with van der Waals surface area (Å²) in [4.78, 5) is 42.3. The number of ether oxygens (including phenoxy) is 2. The SMILES string of the molecule is COc1ccc(C(=O)COC(=O)c2ccc3c(=O)n4c(nc3c2)CCCCCC4)cc1. The fourth-order valence-corrected chi connectivity index (χ4v) is 3.80. The maximum Gasteiger partial charge on any atom is 0.338 e. The molecule has 1 aliphatic heterocycles. The van der Waals surface area contributed by atoms with Crippen LogP contribution in [0.3, 0.4) is 0 Å². The average molecular weight is 420 g/mol. The zero-order valence-electron chi connectivity index (χ0n) is 17.4. The van der Waals surface area contributed by atoms with Crippen molar-refractivity contribution in [1.82, 2.24) is 9.55 Å². The number of fused-ring (bicyclic) bond motifs is 2. The highest BCUT2D eigenvalue weighted by Crippen LogP contribution is 2.17. The van der Waals surface area contributed by atoms with Crippen LogP contribution < -0.4 is 10.3 Å². The van der Waals surface area contributed by atoms with Crippen molar-refractivity contribution in [1.29, 1.82) is 0 Å². The van der Waals surface area contributed by atoms with Gasteiger partial charge in [-0.15, -0.1) is 0 Å². The van der Waals surface area contributed by atoms with Gasteiger partial charge in [-0.2, -0.15) is 0 Å². The third-order valence-electron chi connectivity index (χ3n) is 5.55. The molecule has 0 aliphatic carbocycles. The van der Waals surface area contributed by atoms with Gasteiger partial charge in [0.05, 0.1) is 23.6 Å². The van der Waals surface area contributed by atoms with Crippen molar-refractivity contribution >= 4 is 22.7 Å². The van der Waals surface area contributed by atoms with E-state index in [-0.39, 0.29) is 23.5 Å². The molecule has 7 nitrogen and oxygen atoms in total. The van der Waals surface area contributed by atoms with E-state index < -0.39 is 5.97 Å². The molecule has 3 aromatic rings. The minimum atomic E-state index is -0.627. The van der Waals surface area contributed by atoms with E-state index in [0.717, 1.165) is 37.9 Å². The molecule has 0 unspecified atom stereocenters. The zero-order chi connectivity index (χ0) is 21.8. The van der Waals surface area contributed by atoms with Gasteiger partial charge in [-0.05, 0) is 55.3 Å². The number of carbonyl (C=O) groups excluding carboxylic acids is 2. The monoisotopic (exact) mass is 420 g/mol. The number of aryl methyl sites for hydroxylation is 1. The van der Waals surface area contributed by atoms with E-state index in [9.17, 15) is 14.4 Å². The maximum atomic E-state index is 12.9. The number of hydrogen-bond donors (Lipinski definition) is 0. The first-order chi connectivity index (χ1) is 15.1. The standard InChI is InChI=1S/C24H24N2O5/c1-30-18-10-7-16(8-11-18)21(27)15-31-24(29)17-9-12-19-20(14-17)25-22-6-4-2-3-5-13-26(22)23(19)28/h7-12,14H,2-6,13,15H2,1H3. The summed E-state index contributed by atoms with van der Waals surface area (Å²) in [5, 5.41) is 0.482. The molecule has 2 heterocycles. The molecular weight excluding hydrogens is 396 g/mol. The van der Waals surface area contributed by atoms with Gasteiger partial charge in [-0.25, -0.2) is 9.78 Å². The predicted molar refractivity (Wildman–Crippen MR) is 116 cm³/mol. The number of rotatable bonds is 5. The summed E-state index contributed by atoms with van der Waals surface area (Å²) in [6, 6.07) is 11.3. The van der Waals surface area contributed by atoms with E-state index in [1.807, 2.05) is 0 Å². The first-order valence-corrected chi connectivity index (χ1v) is 10.4. The third kappa shape index (κ3) is 4.50. The van der Waals surface area contributed by atoms with Gasteiger partial charge in [0.15, 0.2) is 12.4 Å². The minimum absolute atomic E-state index is 0.0727. The largest absolute Gasteiger partial charge is 0.497 e. The van der Waals surface area contributed by atoms with Crippen molar-refractivity contribution in [3.63, 3.8) is 0 Å². The number of hydrogen-bond acceptors (Lipinski definition) is 6. The van der Waals surface area contributed by atoms with Crippen LogP contribution in [0.25, 0.3) is 10.9 Å². The van der Waals surface area contributed by atoms with Gasteiger partial charge in [0.1, 0.15) is 11.6 Å². The molecule has 4 rings (SSSR count). The number of carbonyl (C=O) groups is 2. The summed E-state index contributed by atoms with van der Waals surface area (Å²) in [7, 11) is 1.55. The number of nitrogens with zero attached hydrogens (tertiary/aromatic N) is 2. The molecule has 31 heavy (non-hydrogen) atoms. The third-order valence-corrected chi connectivity index (χ3v) is 5.55. The second kappa shape index (κ2) is 9.12. The van der Waals surface area contributed by atoms with E-state index in [0.29, 0.717) is 28.8 Å². The maximum absolute atomic E-state index is 12.9. The first kappa shape index (κ1) is 20.8. The van der Waals surface area contributed by atoms with Crippen LogP contribution in [0.1, 0.15) is 52.2 Å². The Morgan fingerprint density at radius 3 is 2.52 bits per heavy atom. The number of aromatic nitrogens is 2. The molecule has 1 aromatic heterocycles. The van der Waals surface area contributed by atoms with Crippen molar-refractivity contribution in [3.05, 3.63) is 69.8 Å². The highest BCUT2D eigenvalue weighted by atomic mass is 16.5. The normalized spacial score (nSPS) is 13.7. The molecule has 0 spiro atoms. The van der Waals surface area contributed by atoms with Crippen LogP contribution in [-0.4, -0.2) is 35.0 Å². The van der Waals surface area contributed by atoms with E-state index in [2.05, 4.69) is 4.98 Å². The Morgan fingerprint density at radius 1 is 1.00 bits per heavy atom. The predicted octanol–water partition coefficient (Wildman–Crippen LogP) is 3.56. The number of methoxy groups -OCH3 is 1. The summed E-state index contributed by atoms with van der Waals surface area (Å²) >= 11 is 0. The molecular formula is C24H24N2O5. The Morgan fingerprint density at radius 2 is 1.74 bits per heavy atom. The van der Waals surface area contributed by atoms with Gasteiger partial charge in [-0.1, -0.05) is 12.8 Å². The average Bonchev–Trinajstić information content (AvgIpc) is 2.78. The highest BCUT2D eigenvalue weighted by molar-refractivity contribution is 6.00. The summed E-state index contributed by atoms with van der Waals surface area (Å²) in [5.41, 5.74) is 1.10. The lowest BCUT2D eigenvalue weighted by molar-refractivity contribution is 0.0475. The molecule has 0 saturated heterocycles. The van der Waals surface area contributed by atoms with Gasteiger partial charge >= 0.3 is 5.97 Å². The molecule has 0 fully saturated rings. The van der Waals surface area contributed by atoms with Crippen molar-refractivity contribution in [3.8, 4) is 5.75 Å². The topological polar surface area (TPSA) is 87.5 Å². The molecule has 0 bridgehead atoms. The van der Waals surface area contributed by atoms with E-state index >= 15 is 0 Å². The van der Waals surface area contributed by atoms with E-state index in [1.54, 1.807) is 54.1 Å². The van der Waals surface area contributed by atoms with Gasteiger partial charge in [-0.3, -0.25) is 14.2 Å². The van der Waals surface area contributed by atoms with E-state index in [1.165, 1.54) is 0 Å². The summed E-state index contributed by atoms with van der Waals surface area (Å²) in [6.45, 7) is 0.303. The molecule has 0 N–H and O–H groups in total. The summed E-state index contributed by atoms with van der Waals surface area (Å²) in [6.07, 6.45) is 4.95.